The topological polar surface area (TPSA) is 37.3 Å². The number of hydrogen-bond donors (Lipinski definition) is 1. The molecule has 0 bridgehead atoms. The van der Waals surface area contributed by atoms with Gasteiger partial charge in [0, 0.05) is 0 Å². The summed E-state index contributed by atoms with van der Waals surface area (Å²) >= 11 is 0. The van der Waals surface area contributed by atoms with Gasteiger partial charge >= 0.3 is 54.9 Å². The molecule has 0 unspecified atom stereocenters. The standard InChI is InChI=1S/C6H12O2.Ba.2H/c1-3-5(4-2)6(7)8;;;/h5H,3-4H2,1-2H3,(H,7,8);;;/q;+2;2*-1. The first-order chi connectivity index (χ1) is 3.72. The van der Waals surface area contributed by atoms with E-state index in [2.05, 4.69) is 0 Å². The fourth-order valence-corrected chi connectivity index (χ4v) is 0.638. The number of carbonyl (C=O) groups is 1. The second kappa shape index (κ2) is 7.15. The average Bonchev–Trinajstić information content (AvgIpc) is 1.69. The average molecular weight is 256 g/mol. The molecule has 0 aliphatic carbocycles. The number of carboxylic acid groups (broad SMARTS) is 1. The van der Waals surface area contributed by atoms with E-state index in [4.69, 9.17) is 5.11 Å². The van der Waals surface area contributed by atoms with Gasteiger partial charge in [0.25, 0.3) is 0 Å². The van der Waals surface area contributed by atoms with Crippen LogP contribution < -0.4 is 0 Å². The Kier molecular flexibility index (Phi) is 10.1. The van der Waals surface area contributed by atoms with Gasteiger partial charge in [0.2, 0.25) is 0 Å². The molecule has 0 aromatic rings. The van der Waals surface area contributed by atoms with Gasteiger partial charge in [0.15, 0.2) is 0 Å². The van der Waals surface area contributed by atoms with Crippen LogP contribution in [-0.2, 0) is 4.79 Å². The molecular formula is C6H14BaO2. The van der Waals surface area contributed by atoms with Crippen molar-refractivity contribution in [1.29, 1.82) is 0 Å². The molecule has 0 radical (unpaired) electrons. The Morgan fingerprint density at radius 1 is 1.56 bits per heavy atom. The first-order valence-electron chi connectivity index (χ1n) is 2.95. The van der Waals surface area contributed by atoms with Crippen LogP contribution in [0.15, 0.2) is 0 Å². The van der Waals surface area contributed by atoms with Gasteiger partial charge in [-0.15, -0.1) is 0 Å². The third-order valence-electron chi connectivity index (χ3n) is 1.33. The van der Waals surface area contributed by atoms with Crippen LogP contribution in [0.25, 0.3) is 0 Å². The molecule has 3 heteroatoms. The van der Waals surface area contributed by atoms with Gasteiger partial charge in [-0.3, -0.25) is 4.79 Å². The van der Waals surface area contributed by atoms with Gasteiger partial charge in [-0.2, -0.15) is 0 Å². The normalized spacial score (nSPS) is 8.78. The van der Waals surface area contributed by atoms with Crippen molar-refractivity contribution in [1.82, 2.24) is 0 Å². The van der Waals surface area contributed by atoms with Gasteiger partial charge in [-0.05, 0) is 12.8 Å². The van der Waals surface area contributed by atoms with Crippen LogP contribution in [0.5, 0.6) is 0 Å². The Bertz CT molecular complexity index is 86.7. The Balaban J connectivity index is -0.0000000817. The summed E-state index contributed by atoms with van der Waals surface area (Å²) < 4.78 is 0. The Hall–Kier alpha value is 1.04. The summed E-state index contributed by atoms with van der Waals surface area (Å²) in [5.41, 5.74) is 0. The molecule has 0 rings (SSSR count). The SMILES string of the molecule is CCC(CC)C(=O)O.[Ba+2].[H-].[H-]. The summed E-state index contributed by atoms with van der Waals surface area (Å²) in [6.07, 6.45) is 1.48. The quantitative estimate of drug-likeness (QED) is 0.773. The zero-order valence-electron chi connectivity index (χ0n) is 8.05. The predicted molar refractivity (Wildman–Crippen MR) is 39.7 cm³/mol. The van der Waals surface area contributed by atoms with Crippen LogP contribution >= 0.6 is 0 Å². The molecule has 9 heavy (non-hydrogen) atoms. The van der Waals surface area contributed by atoms with E-state index in [9.17, 15) is 4.79 Å². The van der Waals surface area contributed by atoms with Gasteiger partial charge in [-0.1, -0.05) is 13.8 Å². The van der Waals surface area contributed by atoms with Gasteiger partial charge in [0.05, 0.1) is 5.92 Å². The Morgan fingerprint density at radius 3 is 1.89 bits per heavy atom. The van der Waals surface area contributed by atoms with E-state index >= 15 is 0 Å². The van der Waals surface area contributed by atoms with Gasteiger partial charge < -0.3 is 7.96 Å². The molecule has 0 aromatic carbocycles. The fraction of sp³-hybridized carbons (Fsp3) is 0.833. The summed E-state index contributed by atoms with van der Waals surface area (Å²) in [5.74, 6) is -0.801. The van der Waals surface area contributed by atoms with E-state index in [0.717, 1.165) is 12.8 Å². The molecule has 0 aliphatic heterocycles. The minimum Gasteiger partial charge on any atom is -1.00 e. The van der Waals surface area contributed by atoms with E-state index in [1.807, 2.05) is 13.8 Å². The molecule has 0 saturated heterocycles. The zero-order valence-corrected chi connectivity index (χ0v) is 10.5. The summed E-state index contributed by atoms with van der Waals surface area (Å²) in [6.45, 7) is 3.78. The first-order valence-corrected chi connectivity index (χ1v) is 2.95. The smallest absolute Gasteiger partial charge is 1.00 e. The van der Waals surface area contributed by atoms with Crippen molar-refractivity contribution >= 4 is 54.9 Å². The molecule has 0 spiro atoms. The van der Waals surface area contributed by atoms with Crippen LogP contribution in [0, 0.1) is 5.92 Å². The third-order valence-corrected chi connectivity index (χ3v) is 1.33. The van der Waals surface area contributed by atoms with Crippen molar-refractivity contribution in [3.05, 3.63) is 0 Å². The van der Waals surface area contributed by atoms with Crippen molar-refractivity contribution in [3.63, 3.8) is 0 Å². The first kappa shape index (κ1) is 12.7. The molecule has 0 heterocycles. The zero-order chi connectivity index (χ0) is 6.57. The van der Waals surface area contributed by atoms with Crippen molar-refractivity contribution in [2.75, 3.05) is 0 Å². The predicted octanol–water partition coefficient (Wildman–Crippen LogP) is 1.35. The largest absolute Gasteiger partial charge is 2.00 e. The van der Waals surface area contributed by atoms with Gasteiger partial charge in [-0.25, -0.2) is 0 Å². The van der Waals surface area contributed by atoms with Crippen molar-refractivity contribution in [2.24, 2.45) is 5.92 Å². The fourth-order valence-electron chi connectivity index (χ4n) is 0.638. The van der Waals surface area contributed by atoms with Crippen LogP contribution in [0.3, 0.4) is 0 Å². The van der Waals surface area contributed by atoms with Crippen LogP contribution in [0.4, 0.5) is 0 Å². The maximum atomic E-state index is 10.2. The molecule has 2 nitrogen and oxygen atoms in total. The second-order valence-electron chi connectivity index (χ2n) is 1.85. The molecule has 0 saturated carbocycles. The third kappa shape index (κ3) is 5.48. The molecule has 52 valence electrons. The summed E-state index contributed by atoms with van der Waals surface area (Å²) in [7, 11) is 0. The molecule has 0 aromatic heterocycles. The van der Waals surface area contributed by atoms with Crippen LogP contribution in [-0.4, -0.2) is 60.0 Å². The number of aliphatic carboxylic acids is 1. The maximum absolute atomic E-state index is 10.2. The minimum atomic E-state index is -0.671. The van der Waals surface area contributed by atoms with E-state index in [-0.39, 0.29) is 57.7 Å². The molecule has 0 aliphatic rings. The Labute approximate surface area is 99.1 Å². The van der Waals surface area contributed by atoms with Crippen LogP contribution in [0.2, 0.25) is 0 Å². The number of hydrogen-bond acceptors (Lipinski definition) is 1. The van der Waals surface area contributed by atoms with E-state index in [0.29, 0.717) is 0 Å². The molecule has 0 atom stereocenters. The van der Waals surface area contributed by atoms with E-state index in [1.54, 1.807) is 0 Å². The Morgan fingerprint density at radius 2 is 1.89 bits per heavy atom. The number of carboxylic acids is 1. The molecule has 0 fully saturated rings. The molecular weight excluding hydrogens is 241 g/mol. The summed E-state index contributed by atoms with van der Waals surface area (Å²) in [5, 5.41) is 8.37. The molecule has 0 amide bonds. The van der Waals surface area contributed by atoms with Crippen LogP contribution in [0.1, 0.15) is 29.5 Å². The molecule has 1 N–H and O–H groups in total. The van der Waals surface area contributed by atoms with Crippen molar-refractivity contribution < 1.29 is 12.8 Å². The van der Waals surface area contributed by atoms with Crippen molar-refractivity contribution in [2.45, 2.75) is 26.7 Å². The maximum Gasteiger partial charge on any atom is 2.00 e. The minimum absolute atomic E-state index is 0. The van der Waals surface area contributed by atoms with E-state index in [1.165, 1.54) is 0 Å². The summed E-state index contributed by atoms with van der Waals surface area (Å²) in [4.78, 5) is 10.2. The number of rotatable bonds is 3. The second-order valence-corrected chi connectivity index (χ2v) is 1.85. The van der Waals surface area contributed by atoms with Gasteiger partial charge in [0.1, 0.15) is 0 Å². The summed E-state index contributed by atoms with van der Waals surface area (Å²) in [6, 6.07) is 0. The monoisotopic (exact) mass is 256 g/mol. The van der Waals surface area contributed by atoms with E-state index < -0.39 is 5.97 Å². The van der Waals surface area contributed by atoms with Crippen molar-refractivity contribution in [3.8, 4) is 0 Å².